The first-order chi connectivity index (χ1) is 24.8. The zero-order valence-electron chi connectivity index (χ0n) is 28.8. The standard InChI is InChI=1S/C27H22.C17H11.C5H5.2ClH.Zr/c1-5-13-22(14-6-1)26(23-15-7-2-8-16-23)21-27(24-17-9-3-10-18-24)25-19-11-4-12-20-25;1-3-7-14-12(5-1)9-10-16-15-8-4-2-6-13(15)11-17(14)16;1-2-4-5-3-1;;;/h1-20,26-27H;1-11H;1-3H,4H2;2*1H;/q;2*-1;;;+2. The van der Waals surface area contributed by atoms with Gasteiger partial charge in [-0.15, -0.1) is 64.9 Å². The Hall–Kier alpha value is -4.52. The van der Waals surface area contributed by atoms with Crippen molar-refractivity contribution in [3.63, 3.8) is 0 Å². The van der Waals surface area contributed by atoms with Crippen LogP contribution in [0.4, 0.5) is 0 Å². The van der Waals surface area contributed by atoms with Gasteiger partial charge in [0.1, 0.15) is 0 Å². The van der Waals surface area contributed by atoms with Crippen LogP contribution < -0.4 is 0 Å². The molecule has 8 aromatic carbocycles. The van der Waals surface area contributed by atoms with Crippen LogP contribution in [0.1, 0.15) is 40.5 Å². The molecule has 254 valence electrons. The predicted molar refractivity (Wildman–Crippen MR) is 225 cm³/mol. The number of benzene rings is 7. The first-order valence-corrected chi connectivity index (χ1v) is 18.5. The van der Waals surface area contributed by atoms with Gasteiger partial charge in [0.15, 0.2) is 0 Å². The Morgan fingerprint density at radius 1 is 0.481 bits per heavy atom. The Morgan fingerprint density at radius 3 is 1.37 bits per heavy atom. The van der Waals surface area contributed by atoms with Gasteiger partial charge in [0, 0.05) is 0 Å². The number of fused-ring (bicyclic) bond motifs is 5. The zero-order chi connectivity index (χ0) is 34.0. The van der Waals surface area contributed by atoms with Gasteiger partial charge in [-0.1, -0.05) is 65.4 Å². The monoisotopic (exact) mass is 788 g/mol. The largest absolute Gasteiger partial charge is 0.126 e. The van der Waals surface area contributed by atoms with Crippen LogP contribution in [-0.2, 0) is 24.2 Å². The Labute approximate surface area is 335 Å². The number of hydrogen-bond donors (Lipinski definition) is 0. The van der Waals surface area contributed by atoms with E-state index in [1.807, 2.05) is 12.2 Å². The second-order valence-corrected chi connectivity index (χ2v) is 13.9. The first-order valence-electron chi connectivity index (χ1n) is 17.2. The van der Waals surface area contributed by atoms with Gasteiger partial charge in [0.2, 0.25) is 0 Å². The van der Waals surface area contributed by atoms with Crippen molar-refractivity contribution < 1.29 is 24.2 Å². The third-order valence-corrected chi connectivity index (χ3v) is 10.7. The maximum Gasteiger partial charge on any atom is -0.0520 e. The summed E-state index contributed by atoms with van der Waals surface area (Å²) in [4.78, 5) is 0. The summed E-state index contributed by atoms with van der Waals surface area (Å²) in [6, 6.07) is 67.6. The molecule has 0 unspecified atom stereocenters. The van der Waals surface area contributed by atoms with E-state index in [0.29, 0.717) is 0 Å². The van der Waals surface area contributed by atoms with Gasteiger partial charge in [0.25, 0.3) is 0 Å². The second kappa shape index (κ2) is 19.4. The van der Waals surface area contributed by atoms with E-state index >= 15 is 0 Å². The molecule has 0 spiro atoms. The van der Waals surface area contributed by atoms with Gasteiger partial charge < -0.3 is 0 Å². The van der Waals surface area contributed by atoms with E-state index in [1.54, 1.807) is 0 Å². The van der Waals surface area contributed by atoms with E-state index in [4.69, 9.17) is 0 Å². The second-order valence-electron chi connectivity index (χ2n) is 12.4. The quantitative estimate of drug-likeness (QED) is 0.147. The van der Waals surface area contributed by atoms with Crippen molar-refractivity contribution in [2.75, 3.05) is 0 Å². The number of hydrogen-bond acceptors (Lipinski definition) is 0. The maximum absolute atomic E-state index is 2.99. The fourth-order valence-corrected chi connectivity index (χ4v) is 8.54. The van der Waals surface area contributed by atoms with Gasteiger partial charge in [-0.05, 0) is 0 Å². The summed E-state index contributed by atoms with van der Waals surface area (Å²) in [6.07, 6.45) is 10.0. The molecule has 8 aromatic rings. The summed E-state index contributed by atoms with van der Waals surface area (Å²) in [5, 5.41) is 8.08. The molecule has 0 radical (unpaired) electrons. The Balaban J connectivity index is 0.000000184. The van der Waals surface area contributed by atoms with Crippen molar-refractivity contribution in [3.8, 4) is 0 Å². The Bertz CT molecular complexity index is 2190. The van der Waals surface area contributed by atoms with Gasteiger partial charge >= 0.3 is 183 Å². The average molecular weight is 791 g/mol. The van der Waals surface area contributed by atoms with E-state index in [-0.39, 0.29) is 36.6 Å². The molecule has 0 N–H and O–H groups in total. The Kier molecular flexibility index (Phi) is 14.4. The SMILES string of the molecule is Cl.Cl.[C-]1=CC=CC1.[Zr+2]=[C](C(c1ccccc1)c1ccccc1)C(c1ccccc1)c1ccccc1.c1ccc2c(c1)ccc1c3ccccc3[cH-]c21. The van der Waals surface area contributed by atoms with Crippen LogP contribution in [0.2, 0.25) is 0 Å². The van der Waals surface area contributed by atoms with Crippen molar-refractivity contribution in [3.05, 3.63) is 235 Å². The molecule has 0 nitrogen and oxygen atoms in total. The minimum Gasteiger partial charge on any atom is -0.126 e. The summed E-state index contributed by atoms with van der Waals surface area (Å²) in [7, 11) is 0. The van der Waals surface area contributed by atoms with Crippen LogP contribution in [0.15, 0.2) is 206 Å². The van der Waals surface area contributed by atoms with Crippen molar-refractivity contribution in [2.45, 2.75) is 18.3 Å². The third-order valence-electron chi connectivity index (χ3n) is 9.26. The van der Waals surface area contributed by atoms with Gasteiger partial charge in [0.05, 0.1) is 0 Å². The molecule has 3 heteroatoms. The van der Waals surface area contributed by atoms with Crippen LogP contribution in [0.3, 0.4) is 0 Å². The van der Waals surface area contributed by atoms with Crippen LogP contribution in [-0.4, -0.2) is 3.21 Å². The van der Waals surface area contributed by atoms with Gasteiger partial charge in [-0.2, -0.15) is 6.08 Å². The first kappa shape index (κ1) is 38.7. The third kappa shape index (κ3) is 9.09. The van der Waals surface area contributed by atoms with E-state index in [0.717, 1.165) is 6.42 Å². The molecule has 0 aromatic heterocycles. The van der Waals surface area contributed by atoms with Crippen molar-refractivity contribution in [1.29, 1.82) is 0 Å². The molecule has 0 fully saturated rings. The van der Waals surface area contributed by atoms with Crippen molar-refractivity contribution in [1.82, 2.24) is 0 Å². The summed E-state index contributed by atoms with van der Waals surface area (Å²) in [5.41, 5.74) is 5.43. The molecular formula is C49H40Cl2Zr. The molecule has 0 atom stereocenters. The molecule has 0 bridgehead atoms. The number of rotatable bonds is 6. The average Bonchev–Trinajstić information content (AvgIpc) is 3.90. The zero-order valence-corrected chi connectivity index (χ0v) is 32.9. The molecule has 0 amide bonds. The fourth-order valence-electron chi connectivity index (χ4n) is 6.90. The summed E-state index contributed by atoms with van der Waals surface area (Å²) in [6.45, 7) is 0. The number of allylic oxidation sites excluding steroid dienone is 4. The molecule has 0 heterocycles. The molecule has 0 aliphatic heterocycles. The molecule has 9 rings (SSSR count). The maximum atomic E-state index is 2.99. The minimum absolute atomic E-state index is 0. The summed E-state index contributed by atoms with van der Waals surface area (Å²) >= 11 is 1.47. The fraction of sp³-hybridized carbons (Fsp3) is 0.0612. The van der Waals surface area contributed by atoms with Gasteiger partial charge in [-0.3, -0.25) is 6.08 Å². The molecule has 1 aliphatic rings. The molecule has 1 aliphatic carbocycles. The van der Waals surface area contributed by atoms with Crippen molar-refractivity contribution in [2.24, 2.45) is 0 Å². The van der Waals surface area contributed by atoms with Gasteiger partial charge in [-0.25, -0.2) is 12.2 Å². The van der Waals surface area contributed by atoms with E-state index in [9.17, 15) is 0 Å². The normalized spacial score (nSPS) is 11.4. The topological polar surface area (TPSA) is 0 Å². The smallest absolute Gasteiger partial charge is 0.0520 e. The van der Waals surface area contributed by atoms with E-state index in [1.165, 1.54) is 82.0 Å². The summed E-state index contributed by atoms with van der Waals surface area (Å²) in [5.74, 6) is 0.567. The van der Waals surface area contributed by atoms with E-state index < -0.39 is 0 Å². The van der Waals surface area contributed by atoms with Crippen LogP contribution in [0.5, 0.6) is 0 Å². The predicted octanol–water partition coefficient (Wildman–Crippen LogP) is 13.4. The van der Waals surface area contributed by atoms with Crippen LogP contribution in [0.25, 0.3) is 32.3 Å². The Morgan fingerprint density at radius 2 is 0.923 bits per heavy atom. The molecule has 0 saturated carbocycles. The minimum atomic E-state index is 0. The molecule has 0 saturated heterocycles. The molecular weight excluding hydrogens is 751 g/mol. The van der Waals surface area contributed by atoms with Crippen LogP contribution in [0, 0.1) is 6.08 Å². The number of halogens is 2. The molecule has 52 heavy (non-hydrogen) atoms. The van der Waals surface area contributed by atoms with E-state index in [2.05, 4.69) is 200 Å². The van der Waals surface area contributed by atoms with Crippen LogP contribution >= 0.6 is 24.8 Å². The summed E-state index contributed by atoms with van der Waals surface area (Å²) < 4.78 is 1.53. The van der Waals surface area contributed by atoms with Crippen molar-refractivity contribution >= 4 is 60.3 Å².